The molecule has 4 nitrogen and oxygen atoms in total. The molecule has 0 unspecified atom stereocenters. The van der Waals surface area contributed by atoms with E-state index in [1.807, 2.05) is 30.3 Å². The molecule has 102 valence electrons. The van der Waals surface area contributed by atoms with E-state index in [0.717, 1.165) is 10.8 Å². The molecular formula is C16H14O4. The first-order chi connectivity index (χ1) is 9.65. The van der Waals surface area contributed by atoms with Crippen LogP contribution in [-0.4, -0.2) is 26.2 Å². The van der Waals surface area contributed by atoms with Gasteiger partial charge in [-0.15, -0.1) is 0 Å². The Labute approximate surface area is 116 Å². The van der Waals surface area contributed by atoms with Crippen LogP contribution >= 0.6 is 0 Å². The fraction of sp³-hybridized carbons (Fsp3) is 0.125. The van der Waals surface area contributed by atoms with Gasteiger partial charge in [0.25, 0.3) is 0 Å². The maximum Gasteiger partial charge on any atom is 0.338 e. The summed E-state index contributed by atoms with van der Waals surface area (Å²) in [6, 6.07) is 11.2. The van der Waals surface area contributed by atoms with Gasteiger partial charge in [-0.25, -0.2) is 9.59 Å². The van der Waals surface area contributed by atoms with Gasteiger partial charge in [-0.05, 0) is 34.5 Å². The monoisotopic (exact) mass is 270 g/mol. The molecule has 0 aromatic heterocycles. The summed E-state index contributed by atoms with van der Waals surface area (Å²) in [4.78, 5) is 23.0. The Morgan fingerprint density at radius 2 is 1.65 bits per heavy atom. The molecular weight excluding hydrogens is 256 g/mol. The highest BCUT2D eigenvalue weighted by molar-refractivity contribution is 6.00. The van der Waals surface area contributed by atoms with E-state index in [-0.39, 0.29) is 0 Å². The van der Waals surface area contributed by atoms with Gasteiger partial charge < -0.3 is 9.47 Å². The van der Waals surface area contributed by atoms with Crippen molar-refractivity contribution in [3.63, 3.8) is 0 Å². The van der Waals surface area contributed by atoms with Crippen LogP contribution in [0.25, 0.3) is 16.8 Å². The van der Waals surface area contributed by atoms with Gasteiger partial charge >= 0.3 is 11.9 Å². The molecule has 0 saturated heterocycles. The quantitative estimate of drug-likeness (QED) is 0.635. The third kappa shape index (κ3) is 2.85. The molecule has 2 rings (SSSR count). The van der Waals surface area contributed by atoms with Gasteiger partial charge in [0, 0.05) is 6.08 Å². The Bertz CT molecular complexity index is 686. The Morgan fingerprint density at radius 1 is 1.00 bits per heavy atom. The molecule has 0 radical (unpaired) electrons. The van der Waals surface area contributed by atoms with Gasteiger partial charge in [0.15, 0.2) is 0 Å². The lowest BCUT2D eigenvalue weighted by Gasteiger charge is -2.07. The van der Waals surface area contributed by atoms with E-state index < -0.39 is 11.9 Å². The van der Waals surface area contributed by atoms with E-state index in [1.54, 1.807) is 12.1 Å². The SMILES string of the molecule is COC(=O)/C=C\c1cc2ccccc2cc1C(=O)OC. The average molecular weight is 270 g/mol. The molecule has 0 saturated carbocycles. The topological polar surface area (TPSA) is 52.6 Å². The Balaban J connectivity index is 2.57. The minimum absolute atomic E-state index is 0.409. The molecule has 0 aliphatic carbocycles. The van der Waals surface area contributed by atoms with Crippen LogP contribution < -0.4 is 0 Å². The van der Waals surface area contributed by atoms with Crippen LogP contribution in [0.2, 0.25) is 0 Å². The van der Waals surface area contributed by atoms with Crippen molar-refractivity contribution >= 4 is 28.8 Å². The van der Waals surface area contributed by atoms with Gasteiger partial charge in [0.2, 0.25) is 0 Å². The minimum atomic E-state index is -0.478. The molecule has 2 aromatic carbocycles. The largest absolute Gasteiger partial charge is 0.466 e. The van der Waals surface area contributed by atoms with Crippen LogP contribution in [0.4, 0.5) is 0 Å². The molecule has 0 spiro atoms. The molecule has 0 heterocycles. The number of carbonyl (C=O) groups excluding carboxylic acids is 2. The van der Waals surface area contributed by atoms with Crippen molar-refractivity contribution in [3.8, 4) is 0 Å². The summed E-state index contributed by atoms with van der Waals surface area (Å²) in [6.45, 7) is 0. The number of methoxy groups -OCH3 is 2. The van der Waals surface area contributed by atoms with E-state index in [4.69, 9.17) is 4.74 Å². The molecule has 0 bridgehead atoms. The van der Waals surface area contributed by atoms with Crippen LogP contribution in [0.5, 0.6) is 0 Å². The molecule has 0 N–H and O–H groups in total. The van der Waals surface area contributed by atoms with Crippen LogP contribution in [0.3, 0.4) is 0 Å². The van der Waals surface area contributed by atoms with Crippen LogP contribution in [0.1, 0.15) is 15.9 Å². The number of rotatable bonds is 3. The molecule has 0 fully saturated rings. The van der Waals surface area contributed by atoms with Crippen molar-refractivity contribution in [2.45, 2.75) is 0 Å². The molecule has 2 aromatic rings. The number of esters is 2. The zero-order chi connectivity index (χ0) is 14.5. The van der Waals surface area contributed by atoms with Crippen molar-refractivity contribution in [2.75, 3.05) is 14.2 Å². The third-order valence-corrected chi connectivity index (χ3v) is 2.92. The lowest BCUT2D eigenvalue weighted by molar-refractivity contribution is -0.134. The number of carbonyl (C=O) groups is 2. The Kier molecular flexibility index (Phi) is 4.15. The Morgan fingerprint density at radius 3 is 2.25 bits per heavy atom. The highest BCUT2D eigenvalue weighted by Gasteiger charge is 2.11. The van der Waals surface area contributed by atoms with Crippen molar-refractivity contribution in [1.29, 1.82) is 0 Å². The van der Waals surface area contributed by atoms with Crippen LogP contribution in [0.15, 0.2) is 42.5 Å². The molecule has 0 atom stereocenters. The summed E-state index contributed by atoms with van der Waals surface area (Å²) in [6.07, 6.45) is 2.82. The maximum absolute atomic E-state index is 11.8. The highest BCUT2D eigenvalue weighted by Crippen LogP contribution is 2.22. The van der Waals surface area contributed by atoms with Crippen molar-refractivity contribution in [3.05, 3.63) is 53.6 Å². The number of benzene rings is 2. The fourth-order valence-electron chi connectivity index (χ4n) is 1.91. The highest BCUT2D eigenvalue weighted by atomic mass is 16.5. The first-order valence-corrected chi connectivity index (χ1v) is 6.03. The van der Waals surface area contributed by atoms with Crippen molar-refractivity contribution < 1.29 is 19.1 Å². The smallest absolute Gasteiger partial charge is 0.338 e. The molecule has 20 heavy (non-hydrogen) atoms. The van der Waals surface area contributed by atoms with Crippen molar-refractivity contribution in [1.82, 2.24) is 0 Å². The fourth-order valence-corrected chi connectivity index (χ4v) is 1.91. The molecule has 4 heteroatoms. The predicted octanol–water partition coefficient (Wildman–Crippen LogP) is 2.81. The van der Waals surface area contributed by atoms with Gasteiger partial charge in [0.05, 0.1) is 19.8 Å². The first-order valence-electron chi connectivity index (χ1n) is 6.03. The number of hydrogen-bond donors (Lipinski definition) is 0. The van der Waals surface area contributed by atoms with E-state index in [0.29, 0.717) is 11.1 Å². The summed E-state index contributed by atoms with van der Waals surface area (Å²) in [5.74, 6) is -0.922. The molecule has 0 aliphatic heterocycles. The average Bonchev–Trinajstić information content (AvgIpc) is 2.50. The maximum atomic E-state index is 11.8. The second-order valence-electron chi connectivity index (χ2n) is 4.13. The van der Waals surface area contributed by atoms with Gasteiger partial charge in [-0.3, -0.25) is 0 Å². The van der Waals surface area contributed by atoms with Gasteiger partial charge in [-0.1, -0.05) is 24.3 Å². The second-order valence-corrected chi connectivity index (χ2v) is 4.13. The lowest BCUT2D eigenvalue weighted by atomic mass is 10.0. The number of fused-ring (bicyclic) bond motifs is 1. The van der Waals surface area contributed by atoms with Gasteiger partial charge in [-0.2, -0.15) is 0 Å². The van der Waals surface area contributed by atoms with E-state index in [1.165, 1.54) is 20.3 Å². The summed E-state index contributed by atoms with van der Waals surface area (Å²) in [7, 11) is 2.62. The van der Waals surface area contributed by atoms with E-state index in [2.05, 4.69) is 4.74 Å². The summed E-state index contributed by atoms with van der Waals surface area (Å²) >= 11 is 0. The number of hydrogen-bond acceptors (Lipinski definition) is 4. The van der Waals surface area contributed by atoms with E-state index in [9.17, 15) is 9.59 Å². The standard InChI is InChI=1S/C16H14O4/c1-19-15(17)8-7-13-9-11-5-3-4-6-12(11)10-14(13)16(18)20-2/h3-10H,1-2H3/b8-7-. The summed E-state index contributed by atoms with van der Waals surface area (Å²) < 4.78 is 9.31. The van der Waals surface area contributed by atoms with Crippen molar-refractivity contribution in [2.24, 2.45) is 0 Å². The third-order valence-electron chi connectivity index (χ3n) is 2.92. The normalized spacial score (nSPS) is 10.7. The van der Waals surface area contributed by atoms with Gasteiger partial charge in [0.1, 0.15) is 0 Å². The van der Waals surface area contributed by atoms with Crippen LogP contribution in [-0.2, 0) is 14.3 Å². The summed E-state index contributed by atoms with van der Waals surface area (Å²) in [5, 5.41) is 1.91. The van der Waals surface area contributed by atoms with E-state index >= 15 is 0 Å². The summed E-state index contributed by atoms with van der Waals surface area (Å²) in [5.41, 5.74) is 1.02. The number of ether oxygens (including phenoxy) is 2. The minimum Gasteiger partial charge on any atom is -0.466 e. The molecule has 0 amide bonds. The predicted molar refractivity (Wildman–Crippen MR) is 76.3 cm³/mol. The zero-order valence-corrected chi connectivity index (χ0v) is 11.3. The first kappa shape index (κ1) is 13.8. The molecule has 0 aliphatic rings. The Hall–Kier alpha value is -2.62. The zero-order valence-electron chi connectivity index (χ0n) is 11.3. The second kappa shape index (κ2) is 6.02. The van der Waals surface area contributed by atoms with Crippen LogP contribution in [0, 0.1) is 0 Å². The lowest BCUT2D eigenvalue weighted by Crippen LogP contribution is -2.04.